The van der Waals surface area contributed by atoms with Crippen molar-refractivity contribution in [1.82, 2.24) is 10.6 Å². The van der Waals surface area contributed by atoms with Crippen LogP contribution in [0.25, 0.3) is 0 Å². The van der Waals surface area contributed by atoms with Crippen molar-refractivity contribution in [2.45, 2.75) is 38.3 Å². The van der Waals surface area contributed by atoms with Gasteiger partial charge in [-0.2, -0.15) is 0 Å². The molecule has 2 aromatic rings. The Morgan fingerprint density at radius 2 is 1.80 bits per heavy atom. The quantitative estimate of drug-likeness (QED) is 0.598. The first-order chi connectivity index (χ1) is 11.8. The van der Waals surface area contributed by atoms with Crippen LogP contribution in [0.3, 0.4) is 0 Å². The predicted octanol–water partition coefficient (Wildman–Crippen LogP) is 2.89. The van der Waals surface area contributed by atoms with E-state index in [4.69, 9.17) is 0 Å². The number of hydrogen-bond donors (Lipinski definition) is 2. The van der Waals surface area contributed by atoms with Gasteiger partial charge in [0.05, 0.1) is 11.4 Å². The minimum atomic E-state index is -3.18. The van der Waals surface area contributed by atoms with Crippen LogP contribution in [0.4, 0.5) is 0 Å². The molecule has 25 heavy (non-hydrogen) atoms. The van der Waals surface area contributed by atoms with E-state index in [1.165, 1.54) is 16.0 Å². The molecule has 2 N–H and O–H groups in total. The van der Waals surface area contributed by atoms with Crippen molar-refractivity contribution in [2.24, 2.45) is 4.99 Å². The summed E-state index contributed by atoms with van der Waals surface area (Å²) in [6, 6.07) is 9.68. The van der Waals surface area contributed by atoms with Gasteiger partial charge in [-0.05, 0) is 42.7 Å². The number of aryl methyl sites for hydroxylation is 2. The molecular weight excluding hydrogens is 354 g/mol. The molecule has 0 spiro atoms. The normalized spacial score (nSPS) is 12.2. The van der Waals surface area contributed by atoms with E-state index in [1.807, 2.05) is 19.1 Å². The van der Waals surface area contributed by atoms with Crippen LogP contribution in [0.2, 0.25) is 0 Å². The van der Waals surface area contributed by atoms with Crippen molar-refractivity contribution in [3.8, 4) is 0 Å². The summed E-state index contributed by atoms with van der Waals surface area (Å²) in [4.78, 5) is 7.25. The summed E-state index contributed by atoms with van der Waals surface area (Å²) in [5.74, 6) is 0.719. The van der Waals surface area contributed by atoms with Gasteiger partial charge in [-0.15, -0.1) is 11.3 Å². The highest BCUT2D eigenvalue weighted by molar-refractivity contribution is 7.90. The summed E-state index contributed by atoms with van der Waals surface area (Å²) in [6.45, 7) is 5.28. The number of hydrogen-bond acceptors (Lipinski definition) is 4. The van der Waals surface area contributed by atoms with Gasteiger partial charge in [-0.3, -0.25) is 4.99 Å². The molecule has 0 atom stereocenters. The molecule has 0 aliphatic carbocycles. The number of sulfone groups is 1. The smallest absolute Gasteiger partial charge is 0.191 e. The number of nitrogens with zero attached hydrogens (tertiary/aromatic N) is 1. The second-order valence-corrected chi connectivity index (χ2v) is 9.11. The number of guanidine groups is 1. The third-order valence-electron chi connectivity index (χ3n) is 3.82. The SMILES string of the molecule is CCc1ccc(CNC(=NC)NCc2ccc(S(C)(=O)=O)c(C)c2)s1. The van der Waals surface area contributed by atoms with E-state index in [-0.39, 0.29) is 0 Å². The van der Waals surface area contributed by atoms with Crippen LogP contribution in [0, 0.1) is 6.92 Å². The van der Waals surface area contributed by atoms with E-state index >= 15 is 0 Å². The molecule has 1 aromatic heterocycles. The number of thiophene rings is 1. The highest BCUT2D eigenvalue weighted by Crippen LogP contribution is 2.17. The maximum atomic E-state index is 11.7. The lowest BCUT2D eigenvalue weighted by molar-refractivity contribution is 0.601. The van der Waals surface area contributed by atoms with Crippen molar-refractivity contribution in [1.29, 1.82) is 0 Å². The van der Waals surface area contributed by atoms with Crippen LogP contribution < -0.4 is 10.6 Å². The Kier molecular flexibility index (Phi) is 6.61. The highest BCUT2D eigenvalue weighted by atomic mass is 32.2. The van der Waals surface area contributed by atoms with Gasteiger partial charge in [-0.25, -0.2) is 8.42 Å². The summed E-state index contributed by atoms with van der Waals surface area (Å²) >= 11 is 1.80. The molecule has 0 aliphatic heterocycles. The fraction of sp³-hybridized carbons (Fsp3) is 0.389. The largest absolute Gasteiger partial charge is 0.352 e. The van der Waals surface area contributed by atoms with Gasteiger partial charge in [0.15, 0.2) is 15.8 Å². The molecule has 1 heterocycles. The zero-order valence-electron chi connectivity index (χ0n) is 15.1. The van der Waals surface area contributed by atoms with E-state index in [2.05, 4.69) is 34.7 Å². The molecule has 0 fully saturated rings. The summed E-state index contributed by atoms with van der Waals surface area (Å²) in [5.41, 5.74) is 1.77. The minimum Gasteiger partial charge on any atom is -0.352 e. The first-order valence-electron chi connectivity index (χ1n) is 8.15. The van der Waals surface area contributed by atoms with Crippen molar-refractivity contribution >= 4 is 27.1 Å². The molecule has 2 rings (SSSR count). The minimum absolute atomic E-state index is 0.378. The number of aliphatic imine (C=N–C) groups is 1. The Labute approximate surface area is 154 Å². The molecule has 0 radical (unpaired) electrons. The molecule has 0 unspecified atom stereocenters. The fourth-order valence-corrected chi connectivity index (χ4v) is 4.38. The third-order valence-corrected chi connectivity index (χ3v) is 6.30. The lowest BCUT2D eigenvalue weighted by atomic mass is 10.1. The summed E-state index contributed by atoms with van der Waals surface area (Å²) in [5, 5.41) is 6.55. The van der Waals surface area contributed by atoms with Gasteiger partial charge in [-0.1, -0.05) is 19.1 Å². The highest BCUT2D eigenvalue weighted by Gasteiger charge is 2.11. The summed E-state index contributed by atoms with van der Waals surface area (Å²) in [7, 11) is -1.45. The van der Waals surface area contributed by atoms with E-state index in [0.29, 0.717) is 11.4 Å². The topological polar surface area (TPSA) is 70.6 Å². The average molecular weight is 380 g/mol. The zero-order chi connectivity index (χ0) is 18.4. The van der Waals surface area contributed by atoms with Gasteiger partial charge in [0, 0.05) is 29.6 Å². The second-order valence-electron chi connectivity index (χ2n) is 5.87. The zero-order valence-corrected chi connectivity index (χ0v) is 16.7. The van der Waals surface area contributed by atoms with Gasteiger partial charge in [0.1, 0.15) is 0 Å². The van der Waals surface area contributed by atoms with Crippen LogP contribution in [-0.4, -0.2) is 27.7 Å². The molecular formula is C18H25N3O2S2. The van der Waals surface area contributed by atoms with Crippen LogP contribution >= 0.6 is 11.3 Å². The Morgan fingerprint density at radius 3 is 2.36 bits per heavy atom. The maximum absolute atomic E-state index is 11.7. The van der Waals surface area contributed by atoms with Crippen molar-refractivity contribution in [3.63, 3.8) is 0 Å². The van der Waals surface area contributed by atoms with Crippen molar-refractivity contribution in [3.05, 3.63) is 51.2 Å². The lowest BCUT2D eigenvalue weighted by Crippen LogP contribution is -2.36. The summed E-state index contributed by atoms with van der Waals surface area (Å²) < 4.78 is 23.4. The van der Waals surface area contributed by atoms with E-state index in [1.54, 1.807) is 24.5 Å². The Hall–Kier alpha value is -1.86. The molecule has 0 bridgehead atoms. The van der Waals surface area contributed by atoms with E-state index < -0.39 is 9.84 Å². The predicted molar refractivity (Wildman–Crippen MR) is 105 cm³/mol. The van der Waals surface area contributed by atoms with Gasteiger partial charge >= 0.3 is 0 Å². The Balaban J connectivity index is 1.93. The second kappa shape index (κ2) is 8.49. The summed E-state index contributed by atoms with van der Waals surface area (Å²) in [6.07, 6.45) is 2.29. The molecule has 7 heteroatoms. The van der Waals surface area contributed by atoms with Crippen LogP contribution in [-0.2, 0) is 29.3 Å². The average Bonchev–Trinajstić information content (AvgIpc) is 3.02. The standard InChI is InChI=1S/C18H25N3O2S2/c1-5-15-7-8-16(24-15)12-21-18(19-3)20-11-14-6-9-17(13(2)10-14)25(4,22)23/h6-10H,5,11-12H2,1-4H3,(H2,19,20,21). The molecule has 136 valence electrons. The van der Waals surface area contributed by atoms with E-state index in [9.17, 15) is 8.42 Å². The first-order valence-corrected chi connectivity index (χ1v) is 10.9. The molecule has 5 nitrogen and oxygen atoms in total. The van der Waals surface area contributed by atoms with Crippen molar-refractivity contribution < 1.29 is 8.42 Å². The molecule has 0 amide bonds. The Bertz CT molecular complexity index is 855. The van der Waals surface area contributed by atoms with Crippen molar-refractivity contribution in [2.75, 3.05) is 13.3 Å². The number of rotatable bonds is 6. The van der Waals surface area contributed by atoms with Gasteiger partial charge < -0.3 is 10.6 Å². The van der Waals surface area contributed by atoms with Gasteiger partial charge in [0.2, 0.25) is 0 Å². The maximum Gasteiger partial charge on any atom is 0.191 e. The fourth-order valence-electron chi connectivity index (χ4n) is 2.52. The molecule has 1 aromatic carbocycles. The first kappa shape index (κ1) is 19.5. The third kappa shape index (κ3) is 5.57. The number of nitrogens with one attached hydrogen (secondary N) is 2. The molecule has 0 saturated heterocycles. The van der Waals surface area contributed by atoms with Crippen LogP contribution in [0.15, 0.2) is 40.2 Å². The van der Waals surface area contributed by atoms with E-state index in [0.717, 1.165) is 30.1 Å². The van der Waals surface area contributed by atoms with Crippen LogP contribution in [0.1, 0.15) is 27.8 Å². The Morgan fingerprint density at radius 1 is 1.12 bits per heavy atom. The number of benzene rings is 1. The molecule has 0 saturated carbocycles. The van der Waals surface area contributed by atoms with Crippen LogP contribution in [0.5, 0.6) is 0 Å². The monoisotopic (exact) mass is 379 g/mol. The van der Waals surface area contributed by atoms with Gasteiger partial charge in [0.25, 0.3) is 0 Å². The lowest BCUT2D eigenvalue weighted by Gasteiger charge is -2.12. The molecule has 0 aliphatic rings.